The summed E-state index contributed by atoms with van der Waals surface area (Å²) >= 11 is 0. The molecule has 4 heteroatoms. The summed E-state index contributed by atoms with van der Waals surface area (Å²) in [6.07, 6.45) is 1.33. The van der Waals surface area contributed by atoms with Gasteiger partial charge in [-0.3, -0.25) is 4.79 Å². The number of aryl methyl sites for hydroxylation is 1. The van der Waals surface area contributed by atoms with E-state index in [1.165, 1.54) is 5.69 Å². The molecule has 0 unspecified atom stereocenters. The summed E-state index contributed by atoms with van der Waals surface area (Å²) in [5.74, 6) is 1.18. The van der Waals surface area contributed by atoms with Crippen molar-refractivity contribution in [1.29, 1.82) is 0 Å². The number of allylic oxidation sites excluding steroid dienone is 1. The number of rotatable bonds is 1. The molecule has 1 atom stereocenters. The number of ketones is 1. The number of Topliss-reactive ketones (excluding diaryl/α,β-unsaturated/α-hetero) is 1. The fraction of sp³-hybridized carbons (Fsp3) is 0.333. The molecule has 0 amide bonds. The third kappa shape index (κ3) is 1.90. The predicted octanol–water partition coefficient (Wildman–Crippen LogP) is 2.92. The van der Waals surface area contributed by atoms with Crippen molar-refractivity contribution >= 4 is 11.5 Å². The van der Waals surface area contributed by atoms with Crippen molar-refractivity contribution in [3.63, 3.8) is 0 Å². The summed E-state index contributed by atoms with van der Waals surface area (Å²) in [7, 11) is 0. The van der Waals surface area contributed by atoms with Crippen molar-refractivity contribution in [2.75, 3.05) is 0 Å². The van der Waals surface area contributed by atoms with Gasteiger partial charge in [0.15, 0.2) is 11.6 Å². The van der Waals surface area contributed by atoms with Gasteiger partial charge in [-0.1, -0.05) is 30.3 Å². The summed E-state index contributed by atoms with van der Waals surface area (Å²) in [6.45, 7) is 4.97. The van der Waals surface area contributed by atoms with Gasteiger partial charge in [-0.05, 0) is 25.8 Å². The fourth-order valence-corrected chi connectivity index (χ4v) is 3.45. The molecule has 0 aliphatic carbocycles. The maximum atomic E-state index is 12.6. The lowest BCUT2D eigenvalue weighted by atomic mass is 9.89. The van der Waals surface area contributed by atoms with E-state index in [-0.39, 0.29) is 11.8 Å². The second-order valence-electron chi connectivity index (χ2n) is 6.10. The Bertz CT molecular complexity index is 786. The van der Waals surface area contributed by atoms with E-state index in [0.29, 0.717) is 6.42 Å². The number of carbonyl (C=O) groups is 1. The van der Waals surface area contributed by atoms with Crippen LogP contribution in [0.15, 0.2) is 35.9 Å². The zero-order chi connectivity index (χ0) is 15.3. The van der Waals surface area contributed by atoms with Gasteiger partial charge in [-0.15, -0.1) is 0 Å². The molecule has 2 aliphatic heterocycles. The maximum absolute atomic E-state index is 12.6. The Morgan fingerprint density at radius 2 is 2.00 bits per heavy atom. The van der Waals surface area contributed by atoms with Crippen LogP contribution in [-0.4, -0.2) is 15.3 Å². The monoisotopic (exact) mass is 293 g/mol. The summed E-state index contributed by atoms with van der Waals surface area (Å²) in [4.78, 5) is 17.3. The van der Waals surface area contributed by atoms with E-state index >= 15 is 0 Å². The summed E-state index contributed by atoms with van der Waals surface area (Å²) < 4.78 is 2.22. The minimum absolute atomic E-state index is 0.0383. The van der Waals surface area contributed by atoms with Gasteiger partial charge < -0.3 is 9.88 Å². The van der Waals surface area contributed by atoms with Crippen LogP contribution in [0.4, 0.5) is 0 Å². The predicted molar refractivity (Wildman–Crippen MR) is 85.2 cm³/mol. The molecule has 112 valence electrons. The first kappa shape index (κ1) is 13.3. The largest absolute Gasteiger partial charge is 0.374 e. The SMILES string of the molecule is Cc1nc2n(c1C)CCC1=C2N[C@H](c2ccccc2)CC1=O. The van der Waals surface area contributed by atoms with E-state index in [1.807, 2.05) is 25.1 Å². The van der Waals surface area contributed by atoms with Crippen molar-refractivity contribution in [3.8, 4) is 0 Å². The molecule has 0 spiro atoms. The molecule has 4 nitrogen and oxygen atoms in total. The van der Waals surface area contributed by atoms with Crippen LogP contribution >= 0.6 is 0 Å². The summed E-state index contributed by atoms with van der Waals surface area (Å²) in [5.41, 5.74) is 5.24. The lowest BCUT2D eigenvalue weighted by molar-refractivity contribution is -0.116. The first-order valence-corrected chi connectivity index (χ1v) is 7.77. The third-order valence-electron chi connectivity index (χ3n) is 4.82. The van der Waals surface area contributed by atoms with E-state index in [4.69, 9.17) is 0 Å². The van der Waals surface area contributed by atoms with Gasteiger partial charge >= 0.3 is 0 Å². The van der Waals surface area contributed by atoms with Crippen molar-refractivity contribution in [2.45, 2.75) is 39.3 Å². The Morgan fingerprint density at radius 3 is 2.77 bits per heavy atom. The van der Waals surface area contributed by atoms with E-state index in [1.54, 1.807) is 0 Å². The van der Waals surface area contributed by atoms with Gasteiger partial charge in [-0.2, -0.15) is 0 Å². The second kappa shape index (κ2) is 4.83. The lowest BCUT2D eigenvalue weighted by Crippen LogP contribution is -2.34. The molecule has 0 saturated carbocycles. The number of nitrogens with one attached hydrogen (secondary N) is 1. The van der Waals surface area contributed by atoms with Gasteiger partial charge in [0.2, 0.25) is 0 Å². The maximum Gasteiger partial charge on any atom is 0.163 e. The Balaban J connectivity index is 1.79. The lowest BCUT2D eigenvalue weighted by Gasteiger charge is -2.32. The van der Waals surface area contributed by atoms with Crippen LogP contribution < -0.4 is 5.32 Å². The summed E-state index contributed by atoms with van der Waals surface area (Å²) in [5, 5.41) is 3.57. The van der Waals surface area contributed by atoms with Crippen molar-refractivity contribution in [3.05, 3.63) is 58.7 Å². The number of aromatic nitrogens is 2. The molecule has 1 aromatic heterocycles. The van der Waals surface area contributed by atoms with Crippen LogP contribution in [0.25, 0.3) is 5.70 Å². The number of imidazole rings is 1. The van der Waals surface area contributed by atoms with Crippen LogP contribution in [0.3, 0.4) is 0 Å². The number of benzene rings is 1. The minimum atomic E-state index is 0.0383. The number of carbonyl (C=O) groups excluding carboxylic acids is 1. The molecule has 0 fully saturated rings. The molecular weight excluding hydrogens is 274 g/mol. The first-order valence-electron chi connectivity index (χ1n) is 7.77. The molecule has 1 N–H and O–H groups in total. The molecule has 3 heterocycles. The van der Waals surface area contributed by atoms with E-state index in [2.05, 4.69) is 33.9 Å². The van der Waals surface area contributed by atoms with Crippen LogP contribution in [0.1, 0.15) is 41.7 Å². The Kier molecular flexibility index (Phi) is 2.93. The van der Waals surface area contributed by atoms with Gasteiger partial charge in [0, 0.05) is 24.2 Å². The molecule has 0 saturated heterocycles. The van der Waals surface area contributed by atoms with Crippen molar-refractivity contribution in [1.82, 2.24) is 14.9 Å². The molecule has 0 bridgehead atoms. The molecular formula is C18H19N3O. The zero-order valence-corrected chi connectivity index (χ0v) is 12.9. The molecule has 1 aromatic carbocycles. The quantitative estimate of drug-likeness (QED) is 0.879. The van der Waals surface area contributed by atoms with Gasteiger partial charge in [0.05, 0.1) is 17.4 Å². The average Bonchev–Trinajstić information content (AvgIpc) is 2.84. The number of hydrogen-bond acceptors (Lipinski definition) is 3. The Labute approximate surface area is 129 Å². The van der Waals surface area contributed by atoms with Gasteiger partial charge in [-0.25, -0.2) is 4.98 Å². The highest BCUT2D eigenvalue weighted by molar-refractivity contribution is 6.04. The molecule has 22 heavy (non-hydrogen) atoms. The summed E-state index contributed by atoms with van der Waals surface area (Å²) in [6, 6.07) is 10.2. The van der Waals surface area contributed by atoms with E-state index in [9.17, 15) is 4.79 Å². The minimum Gasteiger partial charge on any atom is -0.374 e. The molecule has 0 radical (unpaired) electrons. The molecule has 4 rings (SSSR count). The third-order valence-corrected chi connectivity index (χ3v) is 4.82. The highest BCUT2D eigenvalue weighted by atomic mass is 16.1. The average molecular weight is 293 g/mol. The molecule has 2 aromatic rings. The van der Waals surface area contributed by atoms with E-state index in [0.717, 1.165) is 41.3 Å². The van der Waals surface area contributed by atoms with Crippen molar-refractivity contribution in [2.24, 2.45) is 0 Å². The van der Waals surface area contributed by atoms with Crippen molar-refractivity contribution < 1.29 is 4.79 Å². The topological polar surface area (TPSA) is 46.9 Å². The highest BCUT2D eigenvalue weighted by Gasteiger charge is 2.33. The van der Waals surface area contributed by atoms with Gasteiger partial charge in [0.25, 0.3) is 0 Å². The normalized spacial score (nSPS) is 20.5. The first-order chi connectivity index (χ1) is 10.6. The second-order valence-corrected chi connectivity index (χ2v) is 6.10. The number of hydrogen-bond donors (Lipinski definition) is 1. The Morgan fingerprint density at radius 1 is 1.23 bits per heavy atom. The number of nitrogens with zero attached hydrogens (tertiary/aromatic N) is 2. The highest BCUT2D eigenvalue weighted by Crippen LogP contribution is 2.35. The van der Waals surface area contributed by atoms with Gasteiger partial charge in [0.1, 0.15) is 0 Å². The fourth-order valence-electron chi connectivity index (χ4n) is 3.45. The smallest absolute Gasteiger partial charge is 0.163 e. The molecule has 2 aliphatic rings. The zero-order valence-electron chi connectivity index (χ0n) is 12.9. The van der Waals surface area contributed by atoms with Crippen LogP contribution in [0.5, 0.6) is 0 Å². The van der Waals surface area contributed by atoms with Crippen LogP contribution in [0, 0.1) is 13.8 Å². The standard InChI is InChI=1S/C18H19N3O/c1-11-12(2)21-9-8-14-16(22)10-15(13-6-4-3-5-7-13)20-17(14)18(21)19-11/h3-7,15,20H,8-10H2,1-2H3/t15-/m0/s1. The Hall–Kier alpha value is -2.36. The van der Waals surface area contributed by atoms with Crippen LogP contribution in [-0.2, 0) is 11.3 Å². The van der Waals surface area contributed by atoms with E-state index < -0.39 is 0 Å². The number of fused-ring (bicyclic) bond motifs is 2. The van der Waals surface area contributed by atoms with Crippen LogP contribution in [0.2, 0.25) is 0 Å².